The molecule has 0 aliphatic carbocycles. The van der Waals surface area contributed by atoms with E-state index in [-0.39, 0.29) is 17.7 Å². The third-order valence-electron chi connectivity index (χ3n) is 5.07. The molecule has 0 spiro atoms. The van der Waals surface area contributed by atoms with Crippen LogP contribution in [0, 0.1) is 0 Å². The molecule has 162 valence electrons. The lowest BCUT2D eigenvalue weighted by molar-refractivity contribution is -0.123. The van der Waals surface area contributed by atoms with E-state index in [0.29, 0.717) is 22.4 Å². The van der Waals surface area contributed by atoms with Crippen LogP contribution in [0.25, 0.3) is 6.08 Å². The van der Waals surface area contributed by atoms with Crippen LogP contribution in [0.4, 0.5) is 5.69 Å². The highest BCUT2D eigenvalue weighted by Gasteiger charge is 2.37. The van der Waals surface area contributed by atoms with Gasteiger partial charge in [-0.2, -0.15) is 0 Å². The van der Waals surface area contributed by atoms with E-state index in [2.05, 4.69) is 0 Å². The van der Waals surface area contributed by atoms with Gasteiger partial charge < -0.3 is 9.84 Å². The van der Waals surface area contributed by atoms with Gasteiger partial charge in [0.25, 0.3) is 5.91 Å². The second kappa shape index (κ2) is 9.75. The number of benzene rings is 3. The molecule has 1 aliphatic heterocycles. The molecule has 32 heavy (non-hydrogen) atoms. The first-order chi connectivity index (χ1) is 15.6. The molecule has 1 heterocycles. The summed E-state index contributed by atoms with van der Waals surface area (Å²) in [5.41, 5.74) is 2.60. The summed E-state index contributed by atoms with van der Waals surface area (Å²) >= 11 is 1.35. The quantitative estimate of drug-likeness (QED) is 0.463. The fourth-order valence-corrected chi connectivity index (χ4v) is 4.51. The number of para-hydroxylation sites is 1. The summed E-state index contributed by atoms with van der Waals surface area (Å²) in [6, 6.07) is 24.4. The lowest BCUT2D eigenvalue weighted by Gasteiger charge is -2.24. The summed E-state index contributed by atoms with van der Waals surface area (Å²) in [6.45, 7) is 4.30. The standard InChI is InChI=1S/C26H24N2O3S/c1-3-31-23-16-19(14-15-22(23)29)17-24-25(30)28(18(2)20-10-6-4-7-11-20)26(32-24)27-21-12-8-5-9-13-21/h4-18,29H,3H2,1-2H3/b24-17+,27-26?/t18-/m1/s1. The molecule has 0 aromatic heterocycles. The zero-order valence-corrected chi connectivity index (χ0v) is 18.8. The summed E-state index contributed by atoms with van der Waals surface area (Å²) in [5.74, 6) is 0.363. The second-order valence-corrected chi connectivity index (χ2v) is 8.27. The Hall–Kier alpha value is -3.51. The van der Waals surface area contributed by atoms with E-state index in [1.54, 1.807) is 23.1 Å². The highest BCUT2D eigenvalue weighted by atomic mass is 32.2. The Morgan fingerprint density at radius 2 is 1.75 bits per heavy atom. The number of rotatable bonds is 6. The molecule has 3 aromatic carbocycles. The number of hydrogen-bond donors (Lipinski definition) is 1. The zero-order chi connectivity index (χ0) is 22.5. The molecule has 4 rings (SSSR count). The maximum Gasteiger partial charge on any atom is 0.267 e. The topological polar surface area (TPSA) is 62.1 Å². The molecule has 3 aromatic rings. The normalized spacial score (nSPS) is 17.2. The molecule has 0 unspecified atom stereocenters. The van der Waals surface area contributed by atoms with Crippen molar-refractivity contribution in [3.8, 4) is 11.5 Å². The Balaban J connectivity index is 1.73. The summed E-state index contributed by atoms with van der Waals surface area (Å²) < 4.78 is 5.48. The van der Waals surface area contributed by atoms with Crippen LogP contribution in [-0.4, -0.2) is 27.7 Å². The number of hydrogen-bond acceptors (Lipinski definition) is 5. The van der Waals surface area contributed by atoms with Gasteiger partial charge in [0, 0.05) is 0 Å². The van der Waals surface area contributed by atoms with Gasteiger partial charge in [0.15, 0.2) is 16.7 Å². The van der Waals surface area contributed by atoms with Gasteiger partial charge >= 0.3 is 0 Å². The summed E-state index contributed by atoms with van der Waals surface area (Å²) in [6.07, 6.45) is 1.81. The van der Waals surface area contributed by atoms with Gasteiger partial charge in [-0.05, 0) is 67.1 Å². The lowest BCUT2D eigenvalue weighted by atomic mass is 10.1. The smallest absolute Gasteiger partial charge is 0.267 e. The fourth-order valence-electron chi connectivity index (χ4n) is 3.44. The van der Waals surface area contributed by atoms with E-state index in [0.717, 1.165) is 16.8 Å². The molecule has 1 N–H and O–H groups in total. The van der Waals surface area contributed by atoms with Crippen LogP contribution >= 0.6 is 11.8 Å². The van der Waals surface area contributed by atoms with Crippen molar-refractivity contribution >= 4 is 34.6 Å². The zero-order valence-electron chi connectivity index (χ0n) is 17.9. The predicted molar refractivity (Wildman–Crippen MR) is 130 cm³/mol. The van der Waals surface area contributed by atoms with Gasteiger partial charge in [0.1, 0.15) is 0 Å². The first-order valence-corrected chi connectivity index (χ1v) is 11.3. The van der Waals surface area contributed by atoms with Crippen molar-refractivity contribution in [3.63, 3.8) is 0 Å². The van der Waals surface area contributed by atoms with Crippen molar-refractivity contribution in [1.29, 1.82) is 0 Å². The van der Waals surface area contributed by atoms with Crippen molar-refractivity contribution in [2.24, 2.45) is 4.99 Å². The molecule has 1 saturated heterocycles. The minimum Gasteiger partial charge on any atom is -0.504 e. The number of thioether (sulfide) groups is 1. The Bertz CT molecular complexity index is 1160. The minimum atomic E-state index is -0.177. The Labute approximate surface area is 192 Å². The molecule has 5 nitrogen and oxygen atoms in total. The molecule has 1 amide bonds. The number of ether oxygens (including phenoxy) is 1. The van der Waals surface area contributed by atoms with E-state index in [9.17, 15) is 9.90 Å². The average molecular weight is 445 g/mol. The van der Waals surface area contributed by atoms with Crippen molar-refractivity contribution in [2.45, 2.75) is 19.9 Å². The maximum atomic E-state index is 13.5. The molecule has 0 radical (unpaired) electrons. The third-order valence-corrected chi connectivity index (χ3v) is 6.05. The number of phenols is 1. The Morgan fingerprint density at radius 1 is 1.06 bits per heavy atom. The Kier molecular flexibility index (Phi) is 6.61. The molecule has 0 saturated carbocycles. The number of aliphatic imine (C=N–C) groups is 1. The highest BCUT2D eigenvalue weighted by molar-refractivity contribution is 8.18. The average Bonchev–Trinajstić information content (AvgIpc) is 3.11. The summed E-state index contributed by atoms with van der Waals surface area (Å²) in [7, 11) is 0. The van der Waals surface area contributed by atoms with E-state index in [4.69, 9.17) is 9.73 Å². The lowest BCUT2D eigenvalue weighted by Crippen LogP contribution is -2.32. The van der Waals surface area contributed by atoms with Crippen molar-refractivity contribution in [1.82, 2.24) is 4.90 Å². The third kappa shape index (κ3) is 4.70. The molecule has 1 aliphatic rings. The minimum absolute atomic E-state index is 0.0741. The maximum absolute atomic E-state index is 13.5. The SMILES string of the molecule is CCOc1cc(/C=C2/SC(=Nc3ccccc3)N([C@H](C)c3ccccc3)C2=O)ccc1O. The van der Waals surface area contributed by atoms with Gasteiger partial charge in [-0.1, -0.05) is 54.6 Å². The molecule has 1 atom stereocenters. The number of carbonyl (C=O) groups excluding carboxylic acids is 1. The van der Waals surface area contributed by atoms with Crippen LogP contribution in [0.5, 0.6) is 11.5 Å². The van der Waals surface area contributed by atoms with E-state index < -0.39 is 0 Å². The largest absolute Gasteiger partial charge is 0.504 e. The predicted octanol–water partition coefficient (Wildman–Crippen LogP) is 6.16. The number of carbonyl (C=O) groups is 1. The monoisotopic (exact) mass is 444 g/mol. The number of nitrogens with zero attached hydrogens (tertiary/aromatic N) is 2. The van der Waals surface area contributed by atoms with Crippen molar-refractivity contribution < 1.29 is 14.6 Å². The number of amidine groups is 1. The molecule has 1 fully saturated rings. The van der Waals surface area contributed by atoms with Crippen LogP contribution in [0.15, 0.2) is 88.8 Å². The molecule has 0 bridgehead atoms. The molecular weight excluding hydrogens is 420 g/mol. The van der Waals surface area contributed by atoms with Crippen LogP contribution in [0.2, 0.25) is 0 Å². The highest BCUT2D eigenvalue weighted by Crippen LogP contribution is 2.39. The van der Waals surface area contributed by atoms with Gasteiger partial charge in [-0.25, -0.2) is 4.99 Å². The molecular formula is C26H24N2O3S. The van der Waals surface area contributed by atoms with Crippen LogP contribution in [-0.2, 0) is 4.79 Å². The fraction of sp³-hybridized carbons (Fsp3) is 0.154. The number of amides is 1. The number of phenolic OH excluding ortho intramolecular Hbond substituents is 1. The first kappa shape index (κ1) is 21.7. The summed E-state index contributed by atoms with van der Waals surface area (Å²) in [4.78, 5) is 20.6. The first-order valence-electron chi connectivity index (χ1n) is 10.4. The van der Waals surface area contributed by atoms with Crippen LogP contribution in [0.3, 0.4) is 0 Å². The Morgan fingerprint density at radius 3 is 2.44 bits per heavy atom. The summed E-state index contributed by atoms with van der Waals surface area (Å²) in [5, 5.41) is 10.6. The van der Waals surface area contributed by atoms with Gasteiger partial charge in [0.2, 0.25) is 0 Å². The van der Waals surface area contributed by atoms with Gasteiger partial charge in [-0.15, -0.1) is 0 Å². The van der Waals surface area contributed by atoms with Gasteiger partial charge in [-0.3, -0.25) is 9.69 Å². The molecule has 6 heteroatoms. The van der Waals surface area contributed by atoms with Crippen LogP contribution in [0.1, 0.15) is 31.0 Å². The number of aromatic hydroxyl groups is 1. The van der Waals surface area contributed by atoms with Crippen molar-refractivity contribution in [3.05, 3.63) is 94.9 Å². The van der Waals surface area contributed by atoms with Crippen molar-refractivity contribution in [2.75, 3.05) is 6.61 Å². The van der Waals surface area contributed by atoms with Crippen LogP contribution < -0.4 is 4.74 Å². The van der Waals surface area contributed by atoms with E-state index in [1.807, 2.05) is 80.6 Å². The van der Waals surface area contributed by atoms with E-state index >= 15 is 0 Å². The van der Waals surface area contributed by atoms with E-state index in [1.165, 1.54) is 11.8 Å². The second-order valence-electron chi connectivity index (χ2n) is 7.26. The van der Waals surface area contributed by atoms with Gasteiger partial charge in [0.05, 0.1) is 23.2 Å².